The zero-order chi connectivity index (χ0) is 13.8. The lowest BCUT2D eigenvalue weighted by molar-refractivity contribution is -0.125. The van der Waals surface area contributed by atoms with Crippen LogP contribution < -0.4 is 10.9 Å². The molecule has 1 aromatic rings. The number of carbonyl (C=O) groups excluding carboxylic acids is 2. The highest BCUT2D eigenvalue weighted by Gasteiger charge is 2.23. The first-order valence-electron chi connectivity index (χ1n) is 6.75. The Morgan fingerprint density at radius 2 is 1.79 bits per heavy atom. The molecule has 0 atom stereocenters. The summed E-state index contributed by atoms with van der Waals surface area (Å²) in [4.78, 5) is 23.8. The normalized spacial score (nSPS) is 15.3. The molecular formula is C15H20N2O2. The minimum atomic E-state index is -0.260. The van der Waals surface area contributed by atoms with Crippen molar-refractivity contribution in [2.75, 3.05) is 0 Å². The van der Waals surface area contributed by atoms with Crippen molar-refractivity contribution in [1.29, 1.82) is 0 Å². The van der Waals surface area contributed by atoms with Gasteiger partial charge in [-0.2, -0.15) is 0 Å². The van der Waals surface area contributed by atoms with Gasteiger partial charge in [0.15, 0.2) is 0 Å². The fourth-order valence-corrected chi connectivity index (χ4v) is 2.54. The molecule has 102 valence electrons. The molecule has 2 rings (SSSR count). The van der Waals surface area contributed by atoms with Crippen LogP contribution in [0.1, 0.15) is 47.2 Å². The summed E-state index contributed by atoms with van der Waals surface area (Å²) in [7, 11) is 0. The summed E-state index contributed by atoms with van der Waals surface area (Å²) < 4.78 is 0. The van der Waals surface area contributed by atoms with Gasteiger partial charge in [0.1, 0.15) is 0 Å². The quantitative estimate of drug-likeness (QED) is 0.801. The first-order chi connectivity index (χ1) is 9.08. The van der Waals surface area contributed by atoms with E-state index in [1.807, 2.05) is 26.0 Å². The van der Waals surface area contributed by atoms with E-state index in [0.717, 1.165) is 36.8 Å². The van der Waals surface area contributed by atoms with E-state index >= 15 is 0 Å². The summed E-state index contributed by atoms with van der Waals surface area (Å²) in [5.41, 5.74) is 7.64. The highest BCUT2D eigenvalue weighted by Crippen LogP contribution is 2.24. The van der Waals surface area contributed by atoms with E-state index in [-0.39, 0.29) is 17.7 Å². The van der Waals surface area contributed by atoms with E-state index < -0.39 is 0 Å². The molecule has 1 saturated carbocycles. The number of hydrazine groups is 1. The zero-order valence-electron chi connectivity index (χ0n) is 11.5. The maximum atomic E-state index is 12.0. The SMILES string of the molecule is Cc1ccc(C(=O)NNC(=O)C2CCCC2)c(C)c1. The Bertz CT molecular complexity index is 491. The third kappa shape index (κ3) is 3.34. The lowest BCUT2D eigenvalue weighted by Gasteiger charge is -2.12. The van der Waals surface area contributed by atoms with Gasteiger partial charge in [-0.3, -0.25) is 20.4 Å². The monoisotopic (exact) mass is 260 g/mol. The number of aryl methyl sites for hydroxylation is 2. The lowest BCUT2D eigenvalue weighted by atomic mass is 10.1. The van der Waals surface area contributed by atoms with E-state index in [1.165, 1.54) is 0 Å². The molecule has 0 aliphatic heterocycles. The largest absolute Gasteiger partial charge is 0.273 e. The molecule has 19 heavy (non-hydrogen) atoms. The second-order valence-corrected chi connectivity index (χ2v) is 5.24. The second-order valence-electron chi connectivity index (χ2n) is 5.24. The molecule has 1 fully saturated rings. The number of rotatable bonds is 2. The van der Waals surface area contributed by atoms with Gasteiger partial charge in [-0.15, -0.1) is 0 Å². The molecule has 0 aromatic heterocycles. The molecule has 1 aliphatic rings. The molecule has 4 nitrogen and oxygen atoms in total. The molecule has 2 amide bonds. The number of hydrogen-bond acceptors (Lipinski definition) is 2. The molecule has 0 heterocycles. The molecule has 2 N–H and O–H groups in total. The molecule has 0 saturated heterocycles. The smallest absolute Gasteiger partial charge is 0.269 e. The van der Waals surface area contributed by atoms with Crippen LogP contribution in [0.2, 0.25) is 0 Å². The summed E-state index contributed by atoms with van der Waals surface area (Å²) in [5, 5.41) is 0. The number of amides is 2. The molecule has 0 bridgehead atoms. The van der Waals surface area contributed by atoms with Gasteiger partial charge in [0.05, 0.1) is 0 Å². The van der Waals surface area contributed by atoms with Gasteiger partial charge in [-0.25, -0.2) is 0 Å². The average Bonchev–Trinajstić information content (AvgIpc) is 2.89. The van der Waals surface area contributed by atoms with Crippen LogP contribution in [-0.2, 0) is 4.79 Å². The van der Waals surface area contributed by atoms with Gasteiger partial charge in [0.25, 0.3) is 5.91 Å². The predicted molar refractivity (Wildman–Crippen MR) is 73.5 cm³/mol. The zero-order valence-corrected chi connectivity index (χ0v) is 11.5. The number of benzene rings is 1. The Labute approximate surface area is 113 Å². The van der Waals surface area contributed by atoms with Crippen molar-refractivity contribution < 1.29 is 9.59 Å². The van der Waals surface area contributed by atoms with Crippen LogP contribution in [0.3, 0.4) is 0 Å². The Morgan fingerprint density at radius 3 is 2.42 bits per heavy atom. The summed E-state index contributed by atoms with van der Waals surface area (Å²) in [6.07, 6.45) is 4.04. The van der Waals surface area contributed by atoms with E-state index in [2.05, 4.69) is 10.9 Å². The van der Waals surface area contributed by atoms with Crippen LogP contribution in [0.15, 0.2) is 18.2 Å². The Balaban J connectivity index is 1.92. The van der Waals surface area contributed by atoms with E-state index in [4.69, 9.17) is 0 Å². The van der Waals surface area contributed by atoms with E-state index in [9.17, 15) is 9.59 Å². The van der Waals surface area contributed by atoms with Crippen molar-refractivity contribution in [3.05, 3.63) is 34.9 Å². The maximum Gasteiger partial charge on any atom is 0.269 e. The lowest BCUT2D eigenvalue weighted by Crippen LogP contribution is -2.44. The summed E-state index contributed by atoms with van der Waals surface area (Å²) >= 11 is 0. The molecule has 0 radical (unpaired) electrons. The van der Waals surface area contributed by atoms with Crippen molar-refractivity contribution >= 4 is 11.8 Å². The highest BCUT2D eigenvalue weighted by atomic mass is 16.2. The number of nitrogens with one attached hydrogen (secondary N) is 2. The van der Waals surface area contributed by atoms with Crippen LogP contribution in [-0.4, -0.2) is 11.8 Å². The van der Waals surface area contributed by atoms with E-state index in [1.54, 1.807) is 6.07 Å². The molecule has 0 unspecified atom stereocenters. The molecule has 1 aliphatic carbocycles. The standard InChI is InChI=1S/C15H20N2O2/c1-10-7-8-13(11(2)9-10)15(19)17-16-14(18)12-5-3-4-6-12/h7-9,12H,3-6H2,1-2H3,(H,16,18)(H,17,19). The first kappa shape index (κ1) is 13.6. The Hall–Kier alpha value is -1.84. The van der Waals surface area contributed by atoms with Crippen molar-refractivity contribution in [2.45, 2.75) is 39.5 Å². The Kier molecular flexibility index (Phi) is 4.20. The minimum absolute atomic E-state index is 0.0550. The number of carbonyl (C=O) groups is 2. The van der Waals surface area contributed by atoms with E-state index in [0.29, 0.717) is 5.56 Å². The van der Waals surface area contributed by atoms with Gasteiger partial charge in [-0.1, -0.05) is 30.5 Å². The summed E-state index contributed by atoms with van der Waals surface area (Å²) in [6.45, 7) is 3.87. The minimum Gasteiger partial charge on any atom is -0.273 e. The van der Waals surface area contributed by atoms with Gasteiger partial charge < -0.3 is 0 Å². The fourth-order valence-electron chi connectivity index (χ4n) is 2.54. The second kappa shape index (κ2) is 5.87. The van der Waals surface area contributed by atoms with Crippen molar-refractivity contribution in [3.63, 3.8) is 0 Å². The third-order valence-corrected chi connectivity index (χ3v) is 3.65. The van der Waals surface area contributed by atoms with Crippen molar-refractivity contribution in [1.82, 2.24) is 10.9 Å². The molecule has 1 aromatic carbocycles. The molecule has 0 spiro atoms. The van der Waals surface area contributed by atoms with Gasteiger partial charge in [-0.05, 0) is 38.3 Å². The summed E-state index contributed by atoms with van der Waals surface area (Å²) in [5.74, 6) is -0.279. The molecule has 4 heteroatoms. The maximum absolute atomic E-state index is 12.0. The van der Waals surface area contributed by atoms with Crippen LogP contribution in [0.4, 0.5) is 0 Å². The highest BCUT2D eigenvalue weighted by molar-refractivity contribution is 5.96. The van der Waals surface area contributed by atoms with Gasteiger partial charge >= 0.3 is 0 Å². The first-order valence-corrected chi connectivity index (χ1v) is 6.75. The van der Waals surface area contributed by atoms with Crippen LogP contribution in [0.25, 0.3) is 0 Å². The summed E-state index contributed by atoms with van der Waals surface area (Å²) in [6, 6.07) is 5.62. The van der Waals surface area contributed by atoms with Crippen molar-refractivity contribution in [3.8, 4) is 0 Å². The van der Waals surface area contributed by atoms with Gasteiger partial charge in [0.2, 0.25) is 5.91 Å². The third-order valence-electron chi connectivity index (χ3n) is 3.65. The van der Waals surface area contributed by atoms with Crippen LogP contribution >= 0.6 is 0 Å². The topological polar surface area (TPSA) is 58.2 Å². The van der Waals surface area contributed by atoms with Gasteiger partial charge in [0, 0.05) is 11.5 Å². The predicted octanol–water partition coefficient (Wildman–Crippen LogP) is 2.25. The number of hydrogen-bond donors (Lipinski definition) is 2. The Morgan fingerprint density at radius 1 is 1.11 bits per heavy atom. The van der Waals surface area contributed by atoms with Crippen LogP contribution in [0.5, 0.6) is 0 Å². The molecular weight excluding hydrogens is 240 g/mol. The van der Waals surface area contributed by atoms with Crippen LogP contribution in [0, 0.1) is 19.8 Å². The van der Waals surface area contributed by atoms with Crippen molar-refractivity contribution in [2.24, 2.45) is 5.92 Å². The average molecular weight is 260 g/mol. The fraction of sp³-hybridized carbons (Fsp3) is 0.467.